The van der Waals surface area contributed by atoms with Crippen molar-refractivity contribution >= 4 is 28.3 Å². The van der Waals surface area contributed by atoms with E-state index in [4.69, 9.17) is 38.5 Å². The van der Waals surface area contributed by atoms with E-state index in [9.17, 15) is 18.0 Å². The zero-order valence-corrected chi connectivity index (χ0v) is 30.2. The van der Waals surface area contributed by atoms with E-state index in [0.717, 1.165) is 11.1 Å². The molecule has 2 aromatic carbocycles. The van der Waals surface area contributed by atoms with Gasteiger partial charge in [-0.15, -0.1) is 4.33 Å². The molecule has 0 heterocycles. The van der Waals surface area contributed by atoms with Gasteiger partial charge in [-0.25, -0.2) is 39.0 Å². The van der Waals surface area contributed by atoms with Crippen LogP contribution in [0.4, 0.5) is 9.59 Å². The molecule has 2 rings (SSSR count). The van der Waals surface area contributed by atoms with Crippen LogP contribution >= 0.6 is 0 Å². The van der Waals surface area contributed by atoms with Crippen LogP contribution in [0, 0.1) is 6.92 Å². The minimum Gasteiger partial charge on any atom is -0.468 e. The molecule has 0 fully saturated rings. The molecule has 0 aliphatic rings. The van der Waals surface area contributed by atoms with Gasteiger partial charge in [0.2, 0.25) is 5.96 Å². The van der Waals surface area contributed by atoms with Crippen LogP contribution in [-0.2, 0) is 59.6 Å². The number of guanidine groups is 1. The highest BCUT2D eigenvalue weighted by Gasteiger charge is 2.21. The molecular formula is C32H47N3O14S. The molecule has 17 nitrogen and oxygen atoms in total. The van der Waals surface area contributed by atoms with Gasteiger partial charge in [0.15, 0.2) is 6.79 Å². The predicted octanol–water partition coefficient (Wildman–Crippen LogP) is 4.49. The first-order chi connectivity index (χ1) is 23.5. The number of nitrogens with zero attached hydrogens (tertiary/aromatic N) is 1. The fourth-order valence-electron chi connectivity index (χ4n) is 3.25. The first-order valence-corrected chi connectivity index (χ1v) is 16.9. The first kappa shape index (κ1) is 42.3. The lowest BCUT2D eigenvalue weighted by molar-refractivity contribution is -0.350. The van der Waals surface area contributed by atoms with Gasteiger partial charge in [0.1, 0.15) is 50.0 Å². The zero-order chi connectivity index (χ0) is 37.0. The summed E-state index contributed by atoms with van der Waals surface area (Å²) >= 11 is 0. The van der Waals surface area contributed by atoms with E-state index >= 15 is 0 Å². The van der Waals surface area contributed by atoms with Crippen molar-refractivity contribution in [3.8, 4) is 5.75 Å². The van der Waals surface area contributed by atoms with Gasteiger partial charge in [-0.05, 0) is 78.3 Å². The third-order valence-electron chi connectivity index (χ3n) is 5.32. The summed E-state index contributed by atoms with van der Waals surface area (Å²) in [7, 11) is -4.03. The number of amides is 2. The lowest BCUT2D eigenvalue weighted by atomic mass is 10.2. The molecule has 18 heteroatoms. The quantitative estimate of drug-likeness (QED) is 0.0512. The average molecular weight is 730 g/mol. The third kappa shape index (κ3) is 20.0. The first-order valence-electron chi connectivity index (χ1n) is 15.5. The van der Waals surface area contributed by atoms with Gasteiger partial charge in [-0.3, -0.25) is 10.6 Å². The smallest absolute Gasteiger partial charge is 0.414 e. The van der Waals surface area contributed by atoms with Gasteiger partial charge < -0.3 is 18.9 Å². The number of hydrogen-bond donors (Lipinski definition) is 2. The Morgan fingerprint density at radius 3 is 1.66 bits per heavy atom. The molecule has 0 aromatic heterocycles. The summed E-state index contributed by atoms with van der Waals surface area (Å²) in [6, 6.07) is 13.1. The Labute approximate surface area is 292 Å². The van der Waals surface area contributed by atoms with Gasteiger partial charge in [0, 0.05) is 0 Å². The third-order valence-corrected chi connectivity index (χ3v) is 6.44. The molecule has 0 aliphatic carbocycles. The van der Waals surface area contributed by atoms with Crippen LogP contribution in [0.25, 0.3) is 0 Å². The summed E-state index contributed by atoms with van der Waals surface area (Å²) in [5.74, 6) is 0.410. The molecule has 0 radical (unpaired) electrons. The van der Waals surface area contributed by atoms with Crippen molar-refractivity contribution in [2.45, 2.75) is 71.1 Å². The van der Waals surface area contributed by atoms with E-state index < -0.39 is 33.5 Å². The van der Waals surface area contributed by atoms with E-state index in [-0.39, 0.29) is 63.8 Å². The molecule has 0 aliphatic heterocycles. The number of aliphatic imine (C=N–C) groups is 1. The van der Waals surface area contributed by atoms with E-state index in [1.807, 2.05) is 6.92 Å². The number of carbonyl (C=O) groups excluding carboxylic acids is 2. The normalized spacial score (nSPS) is 11.8. The van der Waals surface area contributed by atoms with Crippen LogP contribution in [-0.4, -0.2) is 84.2 Å². The topological polar surface area (TPSA) is 197 Å². The SMILES string of the molecule is Cc1ccc(S(=O)(=O)OOCCOOCCOOCCOCOc2ccc(CN=C(NC(=O)OC(C)(C)C)NC(=O)OC(C)(C)C)cc2)cc1. The predicted molar refractivity (Wildman–Crippen MR) is 177 cm³/mol. The number of hydrogen-bond acceptors (Lipinski definition) is 15. The number of benzene rings is 2. The van der Waals surface area contributed by atoms with E-state index in [2.05, 4.69) is 24.8 Å². The van der Waals surface area contributed by atoms with Crippen LogP contribution in [0.3, 0.4) is 0 Å². The monoisotopic (exact) mass is 729 g/mol. The van der Waals surface area contributed by atoms with Crippen molar-refractivity contribution in [3.05, 3.63) is 59.7 Å². The molecule has 0 saturated carbocycles. The Hall–Kier alpha value is -3.88. The Kier molecular flexibility index (Phi) is 18.1. The van der Waals surface area contributed by atoms with Crippen LogP contribution in [0.2, 0.25) is 0 Å². The molecule has 2 amide bonds. The Balaban J connectivity index is 1.56. The highest BCUT2D eigenvalue weighted by molar-refractivity contribution is 7.86. The second-order valence-electron chi connectivity index (χ2n) is 12.2. The average Bonchev–Trinajstić information content (AvgIpc) is 3.00. The summed E-state index contributed by atoms with van der Waals surface area (Å²) in [4.78, 5) is 53.0. The van der Waals surface area contributed by atoms with Crippen molar-refractivity contribution < 1.29 is 65.7 Å². The van der Waals surface area contributed by atoms with Gasteiger partial charge in [-0.2, -0.15) is 8.42 Å². The van der Waals surface area contributed by atoms with Crippen LogP contribution in [0.5, 0.6) is 5.75 Å². The second-order valence-corrected chi connectivity index (χ2v) is 13.7. The van der Waals surface area contributed by atoms with Crippen molar-refractivity contribution in [1.82, 2.24) is 10.6 Å². The second kappa shape index (κ2) is 21.4. The Morgan fingerprint density at radius 1 is 0.680 bits per heavy atom. The number of rotatable bonds is 19. The summed E-state index contributed by atoms with van der Waals surface area (Å²) in [5.41, 5.74) is 0.181. The fourth-order valence-corrected chi connectivity index (χ4v) is 3.99. The standard InChI is InChI=1S/C32H47N3O14S/c1-24-8-14-27(15-9-24)50(38,39)49-46-21-20-45-44-19-18-43-42-17-16-40-23-41-26-12-10-25(11-13-26)22-33-28(34-29(36)47-31(2,3)4)35-30(37)48-32(5,6)7/h8-15H,16-23H2,1-7H3,(H2,33,34,35,36,37). The summed E-state index contributed by atoms with van der Waals surface area (Å²) in [5, 5.41) is 4.86. The van der Waals surface area contributed by atoms with Crippen molar-refractivity contribution in [3.63, 3.8) is 0 Å². The fraction of sp³-hybridized carbons (Fsp3) is 0.531. The molecule has 50 heavy (non-hydrogen) atoms. The van der Waals surface area contributed by atoms with E-state index in [1.165, 1.54) is 12.1 Å². The highest BCUT2D eigenvalue weighted by atomic mass is 32.2. The van der Waals surface area contributed by atoms with Crippen molar-refractivity contribution in [2.75, 3.05) is 46.4 Å². The van der Waals surface area contributed by atoms with Crippen molar-refractivity contribution in [2.24, 2.45) is 4.99 Å². The molecule has 0 bridgehead atoms. The largest absolute Gasteiger partial charge is 0.468 e. The van der Waals surface area contributed by atoms with E-state index in [1.54, 1.807) is 77.9 Å². The summed E-state index contributed by atoms with van der Waals surface area (Å²) in [6.45, 7) is 12.3. The number of ether oxygens (including phenoxy) is 4. The molecule has 0 spiro atoms. The zero-order valence-electron chi connectivity index (χ0n) is 29.3. The van der Waals surface area contributed by atoms with Gasteiger partial charge in [0.05, 0.1) is 18.0 Å². The number of alkyl carbamates (subject to hydrolysis) is 2. The Bertz CT molecular complexity index is 1410. The lowest BCUT2D eigenvalue weighted by Gasteiger charge is -2.22. The maximum absolute atomic E-state index is 12.2. The van der Waals surface area contributed by atoms with Crippen LogP contribution < -0.4 is 15.4 Å². The van der Waals surface area contributed by atoms with Crippen molar-refractivity contribution in [1.29, 1.82) is 0 Å². The highest BCUT2D eigenvalue weighted by Crippen LogP contribution is 2.15. The minimum atomic E-state index is -4.03. The lowest BCUT2D eigenvalue weighted by Crippen LogP contribution is -2.47. The van der Waals surface area contributed by atoms with Gasteiger partial charge in [0.25, 0.3) is 0 Å². The van der Waals surface area contributed by atoms with E-state index in [0.29, 0.717) is 5.75 Å². The molecule has 0 atom stereocenters. The Morgan fingerprint density at radius 2 is 1.16 bits per heavy atom. The molecule has 2 aromatic rings. The summed E-state index contributed by atoms with van der Waals surface area (Å²) < 4.78 is 49.8. The number of carbonyl (C=O) groups is 2. The summed E-state index contributed by atoms with van der Waals surface area (Å²) in [6.07, 6.45) is -1.57. The maximum Gasteiger partial charge on any atom is 0.414 e. The molecule has 0 saturated heterocycles. The van der Waals surface area contributed by atoms with Crippen LogP contribution in [0.15, 0.2) is 58.4 Å². The maximum atomic E-state index is 12.2. The molecule has 0 unspecified atom stereocenters. The number of nitrogens with one attached hydrogen (secondary N) is 2. The van der Waals surface area contributed by atoms with Gasteiger partial charge in [-0.1, -0.05) is 29.8 Å². The van der Waals surface area contributed by atoms with Gasteiger partial charge >= 0.3 is 22.3 Å². The van der Waals surface area contributed by atoms with Crippen LogP contribution in [0.1, 0.15) is 52.7 Å². The minimum absolute atomic E-state index is 0.0236. The molecular weight excluding hydrogens is 682 g/mol. The molecule has 2 N–H and O–H groups in total. The number of aryl methyl sites for hydroxylation is 1. The molecule has 280 valence electrons.